The molecule has 0 N–H and O–H groups in total. The quantitative estimate of drug-likeness (QED) is 0.666. The van der Waals surface area contributed by atoms with Gasteiger partial charge in [-0.1, -0.05) is 45.8 Å². The number of hydrogen-bond acceptors (Lipinski definition) is 0. The Morgan fingerprint density at radius 2 is 1.17 bits per heavy atom. The molecule has 0 heterocycles. The van der Waals surface area contributed by atoms with Gasteiger partial charge in [-0.15, -0.1) is 0 Å². The monoisotopic (exact) mass is 245 g/mol. The van der Waals surface area contributed by atoms with Gasteiger partial charge in [-0.25, -0.2) is 0 Å². The van der Waals surface area contributed by atoms with Crippen LogP contribution in [0.5, 0.6) is 0 Å². The molecule has 0 amide bonds. The fourth-order valence-corrected chi connectivity index (χ4v) is 70.9. The molecular formula is C7H21Si5. The van der Waals surface area contributed by atoms with Gasteiger partial charge in [0.05, 0.1) is 0 Å². The van der Waals surface area contributed by atoms with E-state index in [1.54, 1.807) is 0 Å². The van der Waals surface area contributed by atoms with E-state index in [0.717, 1.165) is 0 Å². The molecule has 5 radical (unpaired) electrons. The van der Waals surface area contributed by atoms with E-state index in [1.807, 2.05) is 0 Å². The summed E-state index contributed by atoms with van der Waals surface area (Å²) in [5.74, 6) is 0. The van der Waals surface area contributed by atoms with Crippen LogP contribution in [-0.2, 0) is 0 Å². The first-order chi connectivity index (χ1) is 5.19. The van der Waals surface area contributed by atoms with Crippen molar-refractivity contribution in [1.82, 2.24) is 0 Å². The van der Waals surface area contributed by atoms with Crippen molar-refractivity contribution in [3.8, 4) is 0 Å². The topological polar surface area (TPSA) is 0 Å². The third-order valence-corrected chi connectivity index (χ3v) is 54.0. The highest BCUT2D eigenvalue weighted by molar-refractivity contribution is 7.80. The average molecular weight is 246 g/mol. The molecule has 0 aromatic heterocycles. The second kappa shape index (κ2) is 4.54. The van der Waals surface area contributed by atoms with Crippen LogP contribution in [0, 0.1) is 0 Å². The van der Waals surface area contributed by atoms with E-state index < -0.39 is 15.2 Å². The molecule has 0 bridgehead atoms. The highest BCUT2D eigenvalue weighted by Crippen LogP contribution is 2.16. The second-order valence-electron chi connectivity index (χ2n) is 5.25. The summed E-state index contributed by atoms with van der Waals surface area (Å²) in [5, 5.41) is 0. The molecular weight excluding hydrogens is 225 g/mol. The first-order valence-electron chi connectivity index (χ1n) is 4.50. The number of rotatable bonds is 4. The molecule has 12 heavy (non-hydrogen) atoms. The average Bonchev–Trinajstić information content (AvgIpc) is 1.77. The predicted molar refractivity (Wildman–Crippen MR) is 69.8 cm³/mol. The smallest absolute Gasteiger partial charge is 0.0298 e. The first-order valence-corrected chi connectivity index (χ1v) is 19.5. The summed E-state index contributed by atoms with van der Waals surface area (Å²) < 4.78 is 0. The summed E-state index contributed by atoms with van der Waals surface area (Å²) in [5.41, 5.74) is 0. The van der Waals surface area contributed by atoms with Gasteiger partial charge in [-0.05, 0) is 0 Å². The van der Waals surface area contributed by atoms with Crippen molar-refractivity contribution in [2.75, 3.05) is 0 Å². The van der Waals surface area contributed by atoms with E-state index in [0.29, 0.717) is 0 Å². The van der Waals surface area contributed by atoms with Crippen molar-refractivity contribution in [1.29, 1.82) is 0 Å². The Morgan fingerprint density at radius 3 is 1.25 bits per heavy atom. The summed E-state index contributed by atoms with van der Waals surface area (Å²) in [4.78, 5) is 0. The van der Waals surface area contributed by atoms with E-state index in [4.69, 9.17) is 0 Å². The van der Waals surface area contributed by atoms with Crippen LogP contribution in [0.15, 0.2) is 0 Å². The van der Waals surface area contributed by atoms with Crippen molar-refractivity contribution in [3.05, 3.63) is 0 Å². The largest absolute Gasteiger partial charge is 0.0761 e. The molecule has 0 aromatic rings. The van der Waals surface area contributed by atoms with Gasteiger partial charge in [0, 0.05) is 40.1 Å². The molecule has 0 fully saturated rings. The minimum absolute atomic E-state index is 0.0913. The van der Waals surface area contributed by atoms with E-state index >= 15 is 0 Å². The molecule has 69 valence electrons. The molecule has 0 rings (SSSR count). The third-order valence-electron chi connectivity index (χ3n) is 1.75. The lowest BCUT2D eigenvalue weighted by Crippen LogP contribution is -2.63. The highest BCUT2D eigenvalue weighted by atomic mass is 30.0. The summed E-state index contributed by atoms with van der Waals surface area (Å²) in [7, 11) is 1.16. The van der Waals surface area contributed by atoms with Gasteiger partial charge >= 0.3 is 0 Å². The Labute approximate surface area is 86.0 Å². The van der Waals surface area contributed by atoms with Gasteiger partial charge in [0.2, 0.25) is 0 Å². The van der Waals surface area contributed by atoms with Gasteiger partial charge < -0.3 is 0 Å². The molecule has 0 aliphatic carbocycles. The highest BCUT2D eigenvalue weighted by Gasteiger charge is 2.37. The van der Waals surface area contributed by atoms with Crippen molar-refractivity contribution in [2.45, 2.75) is 45.8 Å². The fraction of sp³-hybridized carbons (Fsp3) is 1.00. The predicted octanol–water partition coefficient (Wildman–Crippen LogP) is 2.18. The maximum atomic E-state index is 2.59. The Bertz CT molecular complexity index is 118. The molecule has 5 heteroatoms. The Morgan fingerprint density at radius 1 is 0.833 bits per heavy atom. The van der Waals surface area contributed by atoms with E-state index in [-0.39, 0.29) is 7.35 Å². The van der Waals surface area contributed by atoms with Gasteiger partial charge in [0.1, 0.15) is 0 Å². The van der Waals surface area contributed by atoms with Crippen LogP contribution < -0.4 is 0 Å². The molecule has 0 aliphatic rings. The van der Waals surface area contributed by atoms with Crippen molar-refractivity contribution >= 4 is 40.1 Å². The molecule has 0 spiro atoms. The second-order valence-corrected chi connectivity index (χ2v) is 38.2. The van der Waals surface area contributed by atoms with Crippen LogP contribution in [0.2, 0.25) is 45.8 Å². The molecule has 0 saturated heterocycles. The molecule has 0 aliphatic heterocycles. The van der Waals surface area contributed by atoms with Crippen LogP contribution in [0.4, 0.5) is 0 Å². The zero-order valence-electron chi connectivity index (χ0n) is 9.50. The van der Waals surface area contributed by atoms with Gasteiger partial charge in [0.15, 0.2) is 0 Å². The zero-order valence-corrected chi connectivity index (χ0v) is 14.5. The van der Waals surface area contributed by atoms with Crippen molar-refractivity contribution < 1.29 is 0 Å². The molecule has 0 aromatic carbocycles. The van der Waals surface area contributed by atoms with Crippen LogP contribution in [0.25, 0.3) is 0 Å². The van der Waals surface area contributed by atoms with Crippen LogP contribution in [0.3, 0.4) is 0 Å². The van der Waals surface area contributed by atoms with Gasteiger partial charge in [-0.3, -0.25) is 0 Å². The van der Waals surface area contributed by atoms with Gasteiger partial charge in [-0.2, -0.15) is 0 Å². The first kappa shape index (κ1) is 13.1. The number of hydrogen-bond donors (Lipinski definition) is 0. The Kier molecular flexibility index (Phi) is 4.95. The standard InChI is InChI=1S/C7H21Si5/c1-8-9-10(11(2,3)4)12(5,6)7/h1-7H3. The lowest BCUT2D eigenvalue weighted by molar-refractivity contribution is 1.81. The minimum Gasteiger partial charge on any atom is -0.0761 e. The van der Waals surface area contributed by atoms with E-state index in [2.05, 4.69) is 45.8 Å². The van der Waals surface area contributed by atoms with Gasteiger partial charge in [0.25, 0.3) is 0 Å². The Balaban J connectivity index is 4.45. The molecule has 0 nitrogen and oxygen atoms in total. The lowest BCUT2D eigenvalue weighted by atomic mass is 11.8. The normalized spacial score (nSPS) is 14.0. The summed E-state index contributed by atoms with van der Waals surface area (Å²) >= 11 is 0. The molecule has 0 atom stereocenters. The Hall–Kier alpha value is 1.08. The third kappa shape index (κ3) is 4.36. The minimum atomic E-state index is -0.760. The van der Waals surface area contributed by atoms with Crippen molar-refractivity contribution in [2.24, 2.45) is 0 Å². The van der Waals surface area contributed by atoms with E-state index in [1.165, 1.54) is 17.6 Å². The summed E-state index contributed by atoms with van der Waals surface area (Å²) in [6, 6.07) is 0. The summed E-state index contributed by atoms with van der Waals surface area (Å²) in [6.45, 7) is 17.9. The molecule has 0 saturated carbocycles. The fourth-order valence-electron chi connectivity index (χ4n) is 1.62. The van der Waals surface area contributed by atoms with Crippen LogP contribution in [0.1, 0.15) is 0 Å². The maximum absolute atomic E-state index is 2.59. The van der Waals surface area contributed by atoms with Crippen molar-refractivity contribution in [3.63, 3.8) is 0 Å². The lowest BCUT2D eigenvalue weighted by Gasteiger charge is -2.36. The zero-order chi connectivity index (χ0) is 9.99. The maximum Gasteiger partial charge on any atom is 0.0298 e. The van der Waals surface area contributed by atoms with Crippen LogP contribution in [-0.4, -0.2) is 40.1 Å². The molecule has 0 unspecified atom stereocenters. The SMILES string of the molecule is C[Si][Si][Si]([Si](C)(C)C)[Si](C)(C)C. The van der Waals surface area contributed by atoms with Crippen LogP contribution >= 0.6 is 0 Å². The summed E-state index contributed by atoms with van der Waals surface area (Å²) in [6.07, 6.45) is 0. The van der Waals surface area contributed by atoms with E-state index in [9.17, 15) is 0 Å².